The first-order valence-corrected chi connectivity index (χ1v) is 10.5. The summed E-state index contributed by atoms with van der Waals surface area (Å²) in [4.78, 5) is 50.7. The molecule has 0 bridgehead atoms. The number of carbonyl (C=O) groups excluding carboxylic acids is 4. The van der Waals surface area contributed by atoms with Gasteiger partial charge in [-0.3, -0.25) is 24.1 Å². The number of carbonyl (C=O) groups is 4. The minimum absolute atomic E-state index is 0.153. The number of rotatable bonds is 9. The maximum absolute atomic E-state index is 12.6. The SMILES string of the molecule is COc1ccc(CC(=O)NCCNC(=O)c2ccc3c(c2)C(=O)N(CC(C)C)C3=O)cc1. The maximum Gasteiger partial charge on any atom is 0.261 e. The number of amides is 4. The zero-order valence-electron chi connectivity index (χ0n) is 18.4. The number of imide groups is 1. The van der Waals surface area contributed by atoms with E-state index in [1.807, 2.05) is 26.0 Å². The number of benzene rings is 2. The Hall–Kier alpha value is -3.68. The number of hydrogen-bond donors (Lipinski definition) is 2. The number of methoxy groups -OCH3 is 1. The van der Waals surface area contributed by atoms with Crippen LogP contribution in [0.25, 0.3) is 0 Å². The summed E-state index contributed by atoms with van der Waals surface area (Å²) in [5.74, 6) is -0.359. The molecule has 3 rings (SSSR count). The molecule has 8 nitrogen and oxygen atoms in total. The van der Waals surface area contributed by atoms with E-state index >= 15 is 0 Å². The number of ether oxygens (including phenoxy) is 1. The van der Waals surface area contributed by atoms with Crippen molar-refractivity contribution >= 4 is 23.6 Å². The molecule has 2 aromatic rings. The second kappa shape index (κ2) is 10.1. The largest absolute Gasteiger partial charge is 0.497 e. The van der Waals surface area contributed by atoms with Crippen molar-refractivity contribution in [1.82, 2.24) is 15.5 Å². The van der Waals surface area contributed by atoms with Crippen molar-refractivity contribution in [2.45, 2.75) is 20.3 Å². The molecule has 0 radical (unpaired) electrons. The van der Waals surface area contributed by atoms with Gasteiger partial charge in [-0.05, 0) is 41.8 Å². The first-order valence-electron chi connectivity index (χ1n) is 10.5. The van der Waals surface area contributed by atoms with E-state index in [0.717, 1.165) is 11.3 Å². The van der Waals surface area contributed by atoms with Crippen molar-refractivity contribution in [2.24, 2.45) is 5.92 Å². The minimum Gasteiger partial charge on any atom is -0.497 e. The van der Waals surface area contributed by atoms with Crippen LogP contribution < -0.4 is 15.4 Å². The van der Waals surface area contributed by atoms with Gasteiger partial charge in [0.1, 0.15) is 5.75 Å². The molecule has 168 valence electrons. The zero-order chi connectivity index (χ0) is 23.3. The molecule has 2 N–H and O–H groups in total. The van der Waals surface area contributed by atoms with Gasteiger partial charge < -0.3 is 15.4 Å². The monoisotopic (exact) mass is 437 g/mol. The molecule has 0 spiro atoms. The molecule has 0 atom stereocenters. The van der Waals surface area contributed by atoms with Crippen molar-refractivity contribution in [3.8, 4) is 5.75 Å². The van der Waals surface area contributed by atoms with E-state index in [4.69, 9.17) is 4.74 Å². The van der Waals surface area contributed by atoms with Crippen molar-refractivity contribution in [1.29, 1.82) is 0 Å². The zero-order valence-corrected chi connectivity index (χ0v) is 18.4. The first-order chi connectivity index (χ1) is 15.3. The quantitative estimate of drug-likeness (QED) is 0.461. The molecule has 32 heavy (non-hydrogen) atoms. The molecule has 0 aliphatic carbocycles. The summed E-state index contributed by atoms with van der Waals surface area (Å²) in [5, 5.41) is 5.47. The van der Waals surface area contributed by atoms with Crippen LogP contribution in [0.1, 0.15) is 50.5 Å². The van der Waals surface area contributed by atoms with Gasteiger partial charge in [0.05, 0.1) is 24.7 Å². The molecule has 1 aliphatic heterocycles. The first kappa shape index (κ1) is 23.0. The summed E-state index contributed by atoms with van der Waals surface area (Å²) in [5.41, 5.74) is 1.71. The van der Waals surface area contributed by atoms with Crippen LogP contribution in [-0.2, 0) is 11.2 Å². The number of nitrogens with one attached hydrogen (secondary N) is 2. The molecule has 1 aliphatic rings. The van der Waals surface area contributed by atoms with Gasteiger partial charge in [-0.15, -0.1) is 0 Å². The summed E-state index contributed by atoms with van der Waals surface area (Å²) >= 11 is 0. The van der Waals surface area contributed by atoms with E-state index in [1.165, 1.54) is 23.1 Å². The van der Waals surface area contributed by atoms with Crippen LogP contribution in [0.2, 0.25) is 0 Å². The topological polar surface area (TPSA) is 105 Å². The second-order valence-corrected chi connectivity index (χ2v) is 8.01. The fourth-order valence-corrected chi connectivity index (χ4v) is 3.43. The lowest BCUT2D eigenvalue weighted by Gasteiger charge is -2.15. The summed E-state index contributed by atoms with van der Waals surface area (Å²) in [6, 6.07) is 11.7. The van der Waals surface area contributed by atoms with Gasteiger partial charge in [-0.1, -0.05) is 26.0 Å². The predicted molar refractivity (Wildman–Crippen MR) is 119 cm³/mol. The molecular weight excluding hydrogens is 410 g/mol. The highest BCUT2D eigenvalue weighted by Gasteiger charge is 2.36. The normalized spacial score (nSPS) is 12.7. The molecule has 2 aromatic carbocycles. The van der Waals surface area contributed by atoms with Gasteiger partial charge in [-0.25, -0.2) is 0 Å². The Morgan fingerprint density at radius 3 is 2.25 bits per heavy atom. The third-order valence-corrected chi connectivity index (χ3v) is 5.04. The molecule has 4 amide bonds. The van der Waals surface area contributed by atoms with Crippen LogP contribution in [0.3, 0.4) is 0 Å². The minimum atomic E-state index is -0.376. The van der Waals surface area contributed by atoms with Gasteiger partial charge in [0.2, 0.25) is 5.91 Å². The third kappa shape index (κ3) is 5.32. The number of nitrogens with zero attached hydrogens (tertiary/aromatic N) is 1. The molecule has 0 saturated carbocycles. The Kier molecular flexibility index (Phi) is 7.25. The highest BCUT2D eigenvalue weighted by atomic mass is 16.5. The predicted octanol–water partition coefficient (Wildman–Crippen LogP) is 2.04. The molecule has 1 heterocycles. The highest BCUT2D eigenvalue weighted by molar-refractivity contribution is 6.22. The Morgan fingerprint density at radius 2 is 1.59 bits per heavy atom. The Balaban J connectivity index is 1.48. The molecule has 8 heteroatoms. The van der Waals surface area contributed by atoms with Crippen molar-refractivity contribution in [2.75, 3.05) is 26.7 Å². The smallest absolute Gasteiger partial charge is 0.261 e. The lowest BCUT2D eigenvalue weighted by atomic mass is 10.1. The van der Waals surface area contributed by atoms with Crippen molar-refractivity contribution in [3.63, 3.8) is 0 Å². The molecule has 0 aromatic heterocycles. The molecular formula is C24H27N3O5. The van der Waals surface area contributed by atoms with Crippen molar-refractivity contribution < 1.29 is 23.9 Å². The van der Waals surface area contributed by atoms with E-state index in [2.05, 4.69) is 10.6 Å². The fraction of sp³-hybridized carbons (Fsp3) is 0.333. The van der Waals surface area contributed by atoms with Gasteiger partial charge in [0, 0.05) is 25.2 Å². The van der Waals surface area contributed by atoms with Gasteiger partial charge >= 0.3 is 0 Å². The Morgan fingerprint density at radius 1 is 0.938 bits per heavy atom. The summed E-state index contributed by atoms with van der Waals surface area (Å²) in [6.45, 7) is 4.70. The van der Waals surface area contributed by atoms with Crippen LogP contribution in [0.15, 0.2) is 42.5 Å². The van der Waals surface area contributed by atoms with E-state index in [-0.39, 0.29) is 54.6 Å². The molecule has 0 saturated heterocycles. The van der Waals surface area contributed by atoms with Crippen LogP contribution >= 0.6 is 0 Å². The third-order valence-electron chi connectivity index (χ3n) is 5.04. The maximum atomic E-state index is 12.6. The highest BCUT2D eigenvalue weighted by Crippen LogP contribution is 2.24. The van der Waals surface area contributed by atoms with E-state index in [1.54, 1.807) is 19.2 Å². The van der Waals surface area contributed by atoms with E-state index in [9.17, 15) is 19.2 Å². The standard InChI is InChI=1S/C24H27N3O5/c1-15(2)14-27-23(30)19-9-6-17(13-20(19)24(27)31)22(29)26-11-10-25-21(28)12-16-4-7-18(32-3)8-5-16/h4-9,13,15H,10-12,14H2,1-3H3,(H,25,28)(H,26,29). The number of hydrogen-bond acceptors (Lipinski definition) is 5. The lowest BCUT2D eigenvalue weighted by Crippen LogP contribution is -2.35. The summed E-state index contributed by atoms with van der Waals surface area (Å²) < 4.78 is 5.09. The van der Waals surface area contributed by atoms with Crippen LogP contribution in [-0.4, -0.2) is 55.3 Å². The van der Waals surface area contributed by atoms with Crippen LogP contribution in [0, 0.1) is 5.92 Å². The molecule has 0 unspecified atom stereocenters. The number of fused-ring (bicyclic) bond motifs is 1. The van der Waals surface area contributed by atoms with Crippen molar-refractivity contribution in [3.05, 3.63) is 64.7 Å². The average molecular weight is 437 g/mol. The van der Waals surface area contributed by atoms with Crippen LogP contribution in [0.5, 0.6) is 5.75 Å². The fourth-order valence-electron chi connectivity index (χ4n) is 3.43. The summed E-state index contributed by atoms with van der Waals surface area (Å²) in [6.07, 6.45) is 0.228. The lowest BCUT2D eigenvalue weighted by molar-refractivity contribution is -0.120. The van der Waals surface area contributed by atoms with Gasteiger partial charge in [0.25, 0.3) is 17.7 Å². The average Bonchev–Trinajstić information content (AvgIpc) is 3.01. The van der Waals surface area contributed by atoms with Gasteiger partial charge in [0.15, 0.2) is 0 Å². The Bertz CT molecular complexity index is 1030. The van der Waals surface area contributed by atoms with E-state index in [0.29, 0.717) is 17.7 Å². The van der Waals surface area contributed by atoms with Crippen LogP contribution in [0.4, 0.5) is 0 Å². The Labute approximate surface area is 186 Å². The van der Waals surface area contributed by atoms with Gasteiger partial charge in [-0.2, -0.15) is 0 Å². The summed E-state index contributed by atoms with van der Waals surface area (Å²) in [7, 11) is 1.58. The van der Waals surface area contributed by atoms with E-state index < -0.39 is 0 Å². The molecule has 0 fully saturated rings. The second-order valence-electron chi connectivity index (χ2n) is 8.01.